The molecule has 0 rings (SSSR count). The Hall–Kier alpha value is -1.35. The molecular weight excluding hydrogens is 211 g/mol. The summed E-state index contributed by atoms with van der Waals surface area (Å²) in [5.74, 6) is -3.94. The molecule has 9 heteroatoms. The first-order valence-electron chi connectivity index (χ1n) is 3.02. The monoisotopic (exact) mass is 219 g/mol. The number of carboxylic acid groups (broad SMARTS) is 2. The van der Waals surface area contributed by atoms with E-state index in [1.807, 2.05) is 0 Å². The van der Waals surface area contributed by atoms with Gasteiger partial charge < -0.3 is 21.1 Å². The molecule has 0 aliphatic carbocycles. The van der Waals surface area contributed by atoms with E-state index >= 15 is 0 Å². The van der Waals surface area contributed by atoms with Crippen molar-refractivity contribution in [2.24, 2.45) is 5.73 Å². The second-order valence-corrected chi connectivity index (χ2v) is 1.93. The van der Waals surface area contributed by atoms with Crippen molar-refractivity contribution in [2.75, 3.05) is 6.61 Å². The number of nitrogens with two attached hydrogens (primary N) is 1. The highest BCUT2D eigenvalue weighted by molar-refractivity contribution is 5.73. The van der Waals surface area contributed by atoms with Crippen LogP contribution in [0.5, 0.6) is 0 Å². The molecule has 0 heterocycles. The van der Waals surface area contributed by atoms with Gasteiger partial charge in [0.15, 0.2) is 0 Å². The van der Waals surface area contributed by atoms with Crippen LogP contribution in [0.3, 0.4) is 0 Å². The van der Waals surface area contributed by atoms with Gasteiger partial charge in [0.2, 0.25) is 0 Å². The van der Waals surface area contributed by atoms with Crippen molar-refractivity contribution < 1.29 is 38.1 Å². The Morgan fingerprint density at radius 3 is 1.57 bits per heavy atom. The van der Waals surface area contributed by atoms with E-state index in [2.05, 4.69) is 0 Å². The standard InChI is InChI=1S/C3H7NO3.C2HF3O2/c4-2(1-5)3(6)7;3-2(4,5)1(6)7/h2,5H,1,4H2,(H,6,7);(H,6,7). The number of aliphatic carboxylic acids is 2. The number of rotatable bonds is 2. The molecule has 0 aliphatic heterocycles. The second-order valence-electron chi connectivity index (χ2n) is 1.93. The van der Waals surface area contributed by atoms with E-state index < -0.39 is 30.8 Å². The third-order valence-electron chi connectivity index (χ3n) is 0.756. The van der Waals surface area contributed by atoms with Crippen LogP contribution in [-0.2, 0) is 9.59 Å². The van der Waals surface area contributed by atoms with Crippen LogP contribution in [0, 0.1) is 0 Å². The average Bonchev–Trinajstić information content (AvgIpc) is 2.02. The minimum Gasteiger partial charge on any atom is -0.480 e. The molecule has 14 heavy (non-hydrogen) atoms. The van der Waals surface area contributed by atoms with Gasteiger partial charge in [-0.15, -0.1) is 0 Å². The summed E-state index contributed by atoms with van der Waals surface area (Å²) in [6, 6.07) is -1.13. The predicted octanol–water partition coefficient (Wildman–Crippen LogP) is -0.976. The molecule has 0 radical (unpaired) electrons. The quantitative estimate of drug-likeness (QED) is 0.473. The van der Waals surface area contributed by atoms with Gasteiger partial charge in [-0.05, 0) is 0 Å². The molecule has 0 aliphatic rings. The van der Waals surface area contributed by atoms with Crippen molar-refractivity contribution in [1.29, 1.82) is 0 Å². The van der Waals surface area contributed by atoms with Crippen LogP contribution in [0.2, 0.25) is 0 Å². The molecule has 0 spiro atoms. The van der Waals surface area contributed by atoms with Crippen molar-refractivity contribution in [2.45, 2.75) is 12.2 Å². The van der Waals surface area contributed by atoms with Crippen molar-refractivity contribution in [3.05, 3.63) is 0 Å². The lowest BCUT2D eigenvalue weighted by atomic mass is 10.3. The van der Waals surface area contributed by atoms with Crippen molar-refractivity contribution in [3.63, 3.8) is 0 Å². The summed E-state index contributed by atoms with van der Waals surface area (Å²) in [7, 11) is 0. The highest BCUT2D eigenvalue weighted by atomic mass is 19.4. The minimum atomic E-state index is -5.08. The maximum atomic E-state index is 10.6. The molecule has 0 aromatic rings. The third-order valence-corrected chi connectivity index (χ3v) is 0.756. The normalized spacial score (nSPS) is 12.4. The van der Waals surface area contributed by atoms with Crippen LogP contribution in [0.4, 0.5) is 13.2 Å². The number of aliphatic hydroxyl groups is 1. The molecule has 0 saturated carbocycles. The van der Waals surface area contributed by atoms with Gasteiger partial charge in [0.05, 0.1) is 6.61 Å². The number of aliphatic hydroxyl groups excluding tert-OH is 1. The Morgan fingerprint density at radius 2 is 1.57 bits per heavy atom. The Balaban J connectivity index is 0. The minimum absolute atomic E-state index is 0.505. The summed E-state index contributed by atoms with van der Waals surface area (Å²) in [6.45, 7) is -0.505. The summed E-state index contributed by atoms with van der Waals surface area (Å²) >= 11 is 0. The van der Waals surface area contributed by atoms with E-state index in [0.29, 0.717) is 0 Å². The molecule has 0 aromatic carbocycles. The summed E-state index contributed by atoms with van der Waals surface area (Å²) in [5.41, 5.74) is 4.77. The van der Waals surface area contributed by atoms with Gasteiger partial charge in [-0.25, -0.2) is 4.79 Å². The van der Waals surface area contributed by atoms with Crippen molar-refractivity contribution in [3.8, 4) is 0 Å². The van der Waals surface area contributed by atoms with Crippen molar-refractivity contribution in [1.82, 2.24) is 0 Å². The molecule has 0 aromatic heterocycles. The number of carbonyl (C=O) groups is 2. The van der Waals surface area contributed by atoms with Gasteiger partial charge in [-0.1, -0.05) is 0 Å². The number of carboxylic acids is 2. The Labute approximate surface area is 75.7 Å². The van der Waals surface area contributed by atoms with E-state index in [1.54, 1.807) is 0 Å². The van der Waals surface area contributed by atoms with Crippen LogP contribution in [0.25, 0.3) is 0 Å². The third kappa shape index (κ3) is 8.74. The van der Waals surface area contributed by atoms with Crippen LogP contribution in [-0.4, -0.2) is 46.1 Å². The molecule has 6 nitrogen and oxygen atoms in total. The summed E-state index contributed by atoms with van der Waals surface area (Å²) in [4.78, 5) is 18.5. The second kappa shape index (κ2) is 6.16. The lowest BCUT2D eigenvalue weighted by Gasteiger charge is -1.96. The maximum absolute atomic E-state index is 10.6. The van der Waals surface area contributed by atoms with Crippen LogP contribution in [0.15, 0.2) is 0 Å². The number of hydrogen-bond donors (Lipinski definition) is 4. The molecule has 5 N–H and O–H groups in total. The Kier molecular flexibility index (Phi) is 6.66. The van der Waals surface area contributed by atoms with E-state index in [-0.39, 0.29) is 0 Å². The largest absolute Gasteiger partial charge is 0.490 e. The van der Waals surface area contributed by atoms with Gasteiger partial charge in [0.1, 0.15) is 6.04 Å². The van der Waals surface area contributed by atoms with Gasteiger partial charge in [0, 0.05) is 0 Å². The lowest BCUT2D eigenvalue weighted by molar-refractivity contribution is -0.192. The maximum Gasteiger partial charge on any atom is 0.490 e. The van der Waals surface area contributed by atoms with Gasteiger partial charge >= 0.3 is 18.1 Å². The molecule has 1 unspecified atom stereocenters. The van der Waals surface area contributed by atoms with E-state index in [9.17, 15) is 18.0 Å². The first kappa shape index (κ1) is 15.1. The first-order valence-corrected chi connectivity index (χ1v) is 3.02. The fraction of sp³-hybridized carbons (Fsp3) is 0.600. The summed E-state index contributed by atoms with van der Waals surface area (Å²) in [6.07, 6.45) is -5.08. The zero-order valence-electron chi connectivity index (χ0n) is 6.65. The zero-order chi connectivity index (χ0) is 11.9. The smallest absolute Gasteiger partial charge is 0.480 e. The van der Waals surface area contributed by atoms with E-state index in [1.165, 1.54) is 0 Å². The predicted molar refractivity (Wildman–Crippen MR) is 36.4 cm³/mol. The zero-order valence-corrected chi connectivity index (χ0v) is 6.65. The highest BCUT2D eigenvalue weighted by Crippen LogP contribution is 2.13. The van der Waals surface area contributed by atoms with Gasteiger partial charge in [-0.2, -0.15) is 13.2 Å². The molecule has 0 saturated heterocycles. The lowest BCUT2D eigenvalue weighted by Crippen LogP contribution is -2.33. The number of halogens is 3. The Morgan fingerprint density at radius 1 is 1.29 bits per heavy atom. The number of hydrogen-bond acceptors (Lipinski definition) is 4. The fourth-order valence-electron chi connectivity index (χ4n) is 0.0781. The molecule has 0 fully saturated rings. The van der Waals surface area contributed by atoms with Gasteiger partial charge in [0.25, 0.3) is 0 Å². The molecule has 0 bridgehead atoms. The summed E-state index contributed by atoms with van der Waals surface area (Å²) < 4.78 is 31.7. The number of alkyl halides is 3. The molecular formula is C5H8F3NO5. The van der Waals surface area contributed by atoms with Crippen LogP contribution in [0.1, 0.15) is 0 Å². The average molecular weight is 219 g/mol. The highest BCUT2D eigenvalue weighted by Gasteiger charge is 2.38. The SMILES string of the molecule is NC(CO)C(=O)O.O=C(O)C(F)(F)F. The van der Waals surface area contributed by atoms with E-state index in [0.717, 1.165) is 0 Å². The fourth-order valence-corrected chi connectivity index (χ4v) is 0.0781. The van der Waals surface area contributed by atoms with Crippen LogP contribution < -0.4 is 5.73 Å². The molecule has 84 valence electrons. The van der Waals surface area contributed by atoms with E-state index in [4.69, 9.17) is 25.8 Å². The molecule has 0 amide bonds. The Bertz CT molecular complexity index is 204. The summed E-state index contributed by atoms with van der Waals surface area (Å²) in [5, 5.41) is 23.0. The first-order chi connectivity index (χ1) is 6.12. The topological polar surface area (TPSA) is 121 Å². The van der Waals surface area contributed by atoms with Crippen LogP contribution >= 0.6 is 0 Å². The molecule has 1 atom stereocenters. The van der Waals surface area contributed by atoms with Crippen molar-refractivity contribution >= 4 is 11.9 Å². The van der Waals surface area contributed by atoms with Gasteiger partial charge in [-0.3, -0.25) is 4.79 Å².